The van der Waals surface area contributed by atoms with E-state index >= 15 is 0 Å². The maximum atomic E-state index is 10.3. The molecule has 0 saturated carbocycles. The average molecular weight is 457 g/mol. The van der Waals surface area contributed by atoms with E-state index in [4.69, 9.17) is 21.4 Å². The summed E-state index contributed by atoms with van der Waals surface area (Å²) in [6, 6.07) is 17.3. The number of benzene rings is 2. The van der Waals surface area contributed by atoms with Crippen LogP contribution in [0.3, 0.4) is 0 Å². The fourth-order valence-electron chi connectivity index (χ4n) is 3.41. The van der Waals surface area contributed by atoms with Crippen LogP contribution < -0.4 is 4.74 Å². The zero-order valence-corrected chi connectivity index (χ0v) is 20.1. The third kappa shape index (κ3) is 6.56. The van der Waals surface area contributed by atoms with E-state index < -0.39 is 0 Å². The number of halogens is 1. The molecular weight excluding hydrogens is 424 g/mol. The summed E-state index contributed by atoms with van der Waals surface area (Å²) in [5, 5.41) is 15.8. The van der Waals surface area contributed by atoms with Gasteiger partial charge in [0.2, 0.25) is 5.88 Å². The summed E-state index contributed by atoms with van der Waals surface area (Å²) < 4.78 is 8.22. The molecule has 0 radical (unpaired) electrons. The molecule has 0 aliphatic rings. The Hall–Kier alpha value is -2.38. The molecule has 0 aliphatic carbocycles. The van der Waals surface area contributed by atoms with Gasteiger partial charge >= 0.3 is 0 Å². The van der Waals surface area contributed by atoms with Gasteiger partial charge in [-0.05, 0) is 63.8 Å². The molecule has 0 spiro atoms. The van der Waals surface area contributed by atoms with Crippen molar-refractivity contribution in [2.45, 2.75) is 32.9 Å². The molecule has 1 aromatic heterocycles. The highest BCUT2D eigenvalue weighted by Gasteiger charge is 2.22. The molecule has 32 heavy (non-hydrogen) atoms. The molecule has 0 saturated heterocycles. The summed E-state index contributed by atoms with van der Waals surface area (Å²) >= 11 is 6.06. The lowest BCUT2D eigenvalue weighted by molar-refractivity contribution is 0.100. The zero-order chi connectivity index (χ0) is 23.1. The quantitative estimate of drug-likeness (QED) is 0.450. The molecule has 1 heterocycles. The molecule has 2 aromatic carbocycles. The van der Waals surface area contributed by atoms with E-state index in [0.717, 1.165) is 36.5 Å². The van der Waals surface area contributed by atoms with E-state index in [0.29, 0.717) is 29.7 Å². The minimum Gasteiger partial charge on any atom is -0.439 e. The third-order valence-electron chi connectivity index (χ3n) is 5.35. The number of rotatable bonds is 11. The van der Waals surface area contributed by atoms with Crippen molar-refractivity contribution < 1.29 is 9.84 Å². The van der Waals surface area contributed by atoms with Crippen molar-refractivity contribution in [2.75, 3.05) is 33.7 Å². The molecule has 3 rings (SSSR count). The van der Waals surface area contributed by atoms with Gasteiger partial charge in [0.15, 0.2) is 0 Å². The van der Waals surface area contributed by atoms with Gasteiger partial charge in [-0.1, -0.05) is 36.7 Å². The van der Waals surface area contributed by atoms with Gasteiger partial charge in [-0.15, -0.1) is 0 Å². The summed E-state index contributed by atoms with van der Waals surface area (Å²) in [5.41, 5.74) is 2.84. The van der Waals surface area contributed by atoms with Gasteiger partial charge in [-0.3, -0.25) is 4.90 Å². The Morgan fingerprint density at radius 1 is 1.06 bits per heavy atom. The Morgan fingerprint density at radius 2 is 1.75 bits per heavy atom. The van der Waals surface area contributed by atoms with Crippen LogP contribution >= 0.6 is 11.6 Å². The predicted molar refractivity (Wildman–Crippen MR) is 130 cm³/mol. The van der Waals surface area contributed by atoms with Crippen LogP contribution in [0.25, 0.3) is 5.69 Å². The second-order valence-corrected chi connectivity index (χ2v) is 8.71. The molecule has 7 heteroatoms. The zero-order valence-electron chi connectivity index (χ0n) is 19.3. The molecule has 172 valence electrons. The van der Waals surface area contributed by atoms with E-state index in [1.54, 1.807) is 0 Å². The van der Waals surface area contributed by atoms with Crippen molar-refractivity contribution in [2.24, 2.45) is 0 Å². The molecular formula is C25H33ClN4O2. The van der Waals surface area contributed by atoms with Crippen molar-refractivity contribution in [3.05, 3.63) is 70.9 Å². The van der Waals surface area contributed by atoms with E-state index in [2.05, 4.69) is 23.9 Å². The third-order valence-corrected chi connectivity index (χ3v) is 5.60. The van der Waals surface area contributed by atoms with E-state index in [9.17, 15) is 5.11 Å². The molecule has 1 unspecified atom stereocenters. The Bertz CT molecular complexity index is 974. The lowest BCUT2D eigenvalue weighted by Crippen LogP contribution is -2.36. The molecule has 1 N–H and O–H groups in total. The van der Waals surface area contributed by atoms with Gasteiger partial charge in [0.1, 0.15) is 5.75 Å². The highest BCUT2D eigenvalue weighted by Crippen LogP contribution is 2.32. The van der Waals surface area contributed by atoms with Crippen molar-refractivity contribution in [3.63, 3.8) is 0 Å². The van der Waals surface area contributed by atoms with Crippen molar-refractivity contribution in [1.82, 2.24) is 19.6 Å². The number of aliphatic hydroxyl groups excluding tert-OH is 1. The number of hydrogen-bond donors (Lipinski definition) is 1. The molecule has 1 atom stereocenters. The first kappa shape index (κ1) is 24.3. The number of nitrogens with zero attached hydrogens (tertiary/aromatic N) is 4. The summed E-state index contributed by atoms with van der Waals surface area (Å²) in [4.78, 5) is 4.42. The molecule has 6 nitrogen and oxygen atoms in total. The van der Waals surface area contributed by atoms with Gasteiger partial charge in [0, 0.05) is 31.2 Å². The van der Waals surface area contributed by atoms with Crippen molar-refractivity contribution in [3.8, 4) is 17.3 Å². The highest BCUT2D eigenvalue weighted by molar-refractivity contribution is 6.30. The number of para-hydroxylation sites is 1. The van der Waals surface area contributed by atoms with E-state index in [-0.39, 0.29) is 6.10 Å². The van der Waals surface area contributed by atoms with E-state index in [1.807, 2.05) is 73.1 Å². The van der Waals surface area contributed by atoms with Crippen LogP contribution in [-0.4, -0.2) is 64.5 Å². The molecule has 3 aromatic rings. The van der Waals surface area contributed by atoms with E-state index in [1.165, 1.54) is 0 Å². The first-order valence-corrected chi connectivity index (χ1v) is 11.4. The maximum absolute atomic E-state index is 10.3. The average Bonchev–Trinajstić information content (AvgIpc) is 3.09. The van der Waals surface area contributed by atoms with Crippen LogP contribution in [0.2, 0.25) is 5.02 Å². The van der Waals surface area contributed by atoms with Crippen LogP contribution in [0.1, 0.15) is 24.6 Å². The fraction of sp³-hybridized carbons (Fsp3) is 0.400. The van der Waals surface area contributed by atoms with Gasteiger partial charge < -0.3 is 14.7 Å². The topological polar surface area (TPSA) is 53.8 Å². The number of aliphatic hydroxyl groups is 1. The van der Waals surface area contributed by atoms with Crippen LogP contribution in [0.4, 0.5) is 0 Å². The summed E-state index contributed by atoms with van der Waals surface area (Å²) in [5.74, 6) is 1.37. The lowest BCUT2D eigenvalue weighted by atomic mass is 10.2. The van der Waals surface area contributed by atoms with Gasteiger partial charge in [-0.25, -0.2) is 4.68 Å². The Labute approximate surface area is 196 Å². The molecule has 0 amide bonds. The summed E-state index contributed by atoms with van der Waals surface area (Å²) in [6.45, 7) is 6.97. The standard InChI is InChI=1S/C25H33ClN4O2/c1-5-22(31)17-29(16-15-28(3)4)18-24-19(2)27-30(21-9-7-6-8-10-21)25(24)32-23-13-11-20(26)12-14-23/h6-14,22,31H,5,15-18H2,1-4H3. The number of aryl methyl sites for hydroxylation is 1. The van der Waals surface area contributed by atoms with Crippen LogP contribution in [0.5, 0.6) is 11.6 Å². The minimum absolute atomic E-state index is 0.373. The smallest absolute Gasteiger partial charge is 0.227 e. The molecule has 0 aliphatic heterocycles. The summed E-state index contributed by atoms with van der Waals surface area (Å²) in [7, 11) is 4.12. The number of likely N-dealkylation sites (N-methyl/N-ethyl adjacent to an activating group) is 1. The van der Waals surface area contributed by atoms with Crippen LogP contribution in [-0.2, 0) is 6.54 Å². The Morgan fingerprint density at radius 3 is 2.38 bits per heavy atom. The minimum atomic E-state index is -0.373. The van der Waals surface area contributed by atoms with Crippen molar-refractivity contribution >= 4 is 11.6 Å². The van der Waals surface area contributed by atoms with Gasteiger partial charge in [0.05, 0.1) is 23.0 Å². The largest absolute Gasteiger partial charge is 0.439 e. The SMILES string of the molecule is CCC(O)CN(CCN(C)C)Cc1c(C)nn(-c2ccccc2)c1Oc1ccc(Cl)cc1. The van der Waals surface area contributed by atoms with Crippen LogP contribution in [0, 0.1) is 6.92 Å². The van der Waals surface area contributed by atoms with Crippen LogP contribution in [0.15, 0.2) is 54.6 Å². The monoisotopic (exact) mass is 456 g/mol. The number of aromatic nitrogens is 2. The molecule has 0 bridgehead atoms. The predicted octanol–water partition coefficient (Wildman–Crippen LogP) is 4.76. The second kappa shape index (κ2) is 11.5. The number of ether oxygens (including phenoxy) is 1. The van der Waals surface area contributed by atoms with Gasteiger partial charge in [0.25, 0.3) is 0 Å². The normalized spacial score (nSPS) is 12.5. The Kier molecular flexibility index (Phi) is 8.70. The number of hydrogen-bond acceptors (Lipinski definition) is 5. The van der Waals surface area contributed by atoms with Gasteiger partial charge in [-0.2, -0.15) is 5.10 Å². The summed E-state index contributed by atoms with van der Waals surface area (Å²) in [6.07, 6.45) is 0.344. The maximum Gasteiger partial charge on any atom is 0.227 e. The van der Waals surface area contributed by atoms with Crippen molar-refractivity contribution in [1.29, 1.82) is 0 Å². The molecule has 0 fully saturated rings. The Balaban J connectivity index is 1.98. The highest BCUT2D eigenvalue weighted by atomic mass is 35.5. The lowest BCUT2D eigenvalue weighted by Gasteiger charge is -2.26. The first-order chi connectivity index (χ1) is 15.4. The second-order valence-electron chi connectivity index (χ2n) is 8.27. The first-order valence-electron chi connectivity index (χ1n) is 11.0. The fourth-order valence-corrected chi connectivity index (χ4v) is 3.54.